The number of aliphatic carboxylic acids is 1. The van der Waals surface area contributed by atoms with Crippen LogP contribution < -0.4 is 0 Å². The summed E-state index contributed by atoms with van der Waals surface area (Å²) < 4.78 is 12.7. The Morgan fingerprint density at radius 2 is 2.23 bits per heavy atom. The Morgan fingerprint density at radius 3 is 2.77 bits per heavy atom. The summed E-state index contributed by atoms with van der Waals surface area (Å²) in [4.78, 5) is 10.1. The number of halogens is 1. The number of carbonyl (C=O) groups is 1. The number of carboxylic acid groups (broad SMARTS) is 1. The number of thioether (sulfide) groups is 1. The molecule has 1 atom stereocenters. The van der Waals surface area contributed by atoms with Crippen LogP contribution in [0.4, 0.5) is 4.39 Å². The Balaban J connectivity index is 3.04. The van der Waals surface area contributed by atoms with E-state index in [2.05, 4.69) is 0 Å². The van der Waals surface area contributed by atoms with Gasteiger partial charge in [0.1, 0.15) is 0 Å². The van der Waals surface area contributed by atoms with Gasteiger partial charge in [-0.15, -0.1) is 0 Å². The highest BCUT2D eigenvalue weighted by molar-refractivity contribution is 7.99. The SMILES string of the molecule is CCC(F)CCCCSCC(=O)O. The van der Waals surface area contributed by atoms with Gasteiger partial charge >= 0.3 is 5.97 Å². The fourth-order valence-corrected chi connectivity index (χ4v) is 1.66. The summed E-state index contributed by atoms with van der Waals surface area (Å²) in [5.41, 5.74) is 0. The van der Waals surface area contributed by atoms with Gasteiger partial charge in [-0.2, -0.15) is 11.8 Å². The van der Waals surface area contributed by atoms with Crippen molar-refractivity contribution in [2.24, 2.45) is 0 Å². The lowest BCUT2D eigenvalue weighted by Gasteiger charge is -2.03. The monoisotopic (exact) mass is 208 g/mol. The summed E-state index contributed by atoms with van der Waals surface area (Å²) in [6.07, 6.45) is 2.30. The van der Waals surface area contributed by atoms with E-state index in [1.165, 1.54) is 11.8 Å². The number of hydrogen-bond acceptors (Lipinski definition) is 2. The highest BCUT2D eigenvalue weighted by Gasteiger charge is 2.02. The largest absolute Gasteiger partial charge is 0.481 e. The highest BCUT2D eigenvalue weighted by Crippen LogP contribution is 2.11. The van der Waals surface area contributed by atoms with Crippen LogP contribution in [0.2, 0.25) is 0 Å². The zero-order chi connectivity index (χ0) is 10.1. The van der Waals surface area contributed by atoms with E-state index in [1.807, 2.05) is 6.92 Å². The van der Waals surface area contributed by atoms with Crippen molar-refractivity contribution in [2.45, 2.75) is 38.8 Å². The number of alkyl halides is 1. The van der Waals surface area contributed by atoms with Gasteiger partial charge < -0.3 is 5.11 Å². The van der Waals surface area contributed by atoms with Gasteiger partial charge in [-0.05, 0) is 31.4 Å². The maximum atomic E-state index is 12.7. The molecule has 0 fully saturated rings. The fourth-order valence-electron chi connectivity index (χ4n) is 0.934. The van der Waals surface area contributed by atoms with Crippen LogP contribution >= 0.6 is 11.8 Å². The first kappa shape index (κ1) is 12.8. The highest BCUT2D eigenvalue weighted by atomic mass is 32.2. The lowest BCUT2D eigenvalue weighted by Crippen LogP contribution is -2.00. The number of hydrogen-bond donors (Lipinski definition) is 1. The molecule has 0 aromatic rings. The summed E-state index contributed by atoms with van der Waals surface area (Å²) in [6, 6.07) is 0. The molecule has 0 aromatic heterocycles. The van der Waals surface area contributed by atoms with Gasteiger partial charge in [0.05, 0.1) is 11.9 Å². The maximum absolute atomic E-state index is 12.7. The van der Waals surface area contributed by atoms with Gasteiger partial charge in [0.15, 0.2) is 0 Å². The second kappa shape index (κ2) is 8.35. The minimum Gasteiger partial charge on any atom is -0.481 e. The fraction of sp³-hybridized carbons (Fsp3) is 0.889. The summed E-state index contributed by atoms with van der Waals surface area (Å²) >= 11 is 1.40. The molecule has 0 spiro atoms. The van der Waals surface area contributed by atoms with Crippen LogP contribution in [0.1, 0.15) is 32.6 Å². The standard InChI is InChI=1S/C9H17FO2S/c1-2-8(10)5-3-4-6-13-7-9(11)12/h8H,2-7H2,1H3,(H,11,12). The minimum atomic E-state index is -0.776. The second-order valence-electron chi connectivity index (χ2n) is 2.95. The molecular weight excluding hydrogens is 191 g/mol. The van der Waals surface area contributed by atoms with Gasteiger partial charge in [-0.1, -0.05) is 6.92 Å². The van der Waals surface area contributed by atoms with Crippen molar-refractivity contribution >= 4 is 17.7 Å². The summed E-state index contributed by atoms with van der Waals surface area (Å²) in [7, 11) is 0. The molecule has 0 aliphatic carbocycles. The molecule has 13 heavy (non-hydrogen) atoms. The normalized spacial score (nSPS) is 12.8. The van der Waals surface area contributed by atoms with Crippen molar-refractivity contribution in [3.63, 3.8) is 0 Å². The smallest absolute Gasteiger partial charge is 0.313 e. The molecule has 0 radical (unpaired) electrons. The van der Waals surface area contributed by atoms with Gasteiger partial charge in [0.2, 0.25) is 0 Å². The average Bonchev–Trinajstić information content (AvgIpc) is 2.10. The first-order valence-electron chi connectivity index (χ1n) is 4.60. The predicted octanol–water partition coefficient (Wildman–Crippen LogP) is 2.72. The first-order chi connectivity index (χ1) is 6.16. The molecule has 0 aliphatic heterocycles. The maximum Gasteiger partial charge on any atom is 0.313 e. The Hall–Kier alpha value is -0.250. The summed E-state index contributed by atoms with van der Waals surface area (Å²) in [5.74, 6) is 0.206. The van der Waals surface area contributed by atoms with Crippen LogP contribution in [-0.4, -0.2) is 28.8 Å². The Bertz CT molecular complexity index is 142. The average molecular weight is 208 g/mol. The van der Waals surface area contributed by atoms with Crippen molar-refractivity contribution < 1.29 is 14.3 Å². The lowest BCUT2D eigenvalue weighted by molar-refractivity contribution is -0.133. The quantitative estimate of drug-likeness (QED) is 0.623. The zero-order valence-corrected chi connectivity index (χ0v) is 8.78. The molecular formula is C9H17FO2S. The van der Waals surface area contributed by atoms with Gasteiger partial charge in [0.25, 0.3) is 0 Å². The first-order valence-corrected chi connectivity index (χ1v) is 5.76. The Labute approximate surface area is 82.9 Å². The van der Waals surface area contributed by atoms with Crippen molar-refractivity contribution in [1.29, 1.82) is 0 Å². The van der Waals surface area contributed by atoms with Crippen LogP contribution in [0, 0.1) is 0 Å². The van der Waals surface area contributed by atoms with Crippen LogP contribution in [-0.2, 0) is 4.79 Å². The van der Waals surface area contributed by atoms with Gasteiger partial charge in [-0.25, -0.2) is 4.39 Å². The van der Waals surface area contributed by atoms with E-state index < -0.39 is 12.1 Å². The Kier molecular flexibility index (Phi) is 8.19. The third kappa shape index (κ3) is 9.67. The van der Waals surface area contributed by atoms with Crippen LogP contribution in [0.15, 0.2) is 0 Å². The molecule has 0 rings (SSSR count). The molecule has 0 saturated heterocycles. The van der Waals surface area contributed by atoms with Gasteiger partial charge in [0, 0.05) is 0 Å². The number of carboxylic acids is 1. The van der Waals surface area contributed by atoms with E-state index in [-0.39, 0.29) is 5.75 Å². The Morgan fingerprint density at radius 1 is 1.54 bits per heavy atom. The second-order valence-corrected chi connectivity index (χ2v) is 4.05. The van der Waals surface area contributed by atoms with E-state index >= 15 is 0 Å². The van der Waals surface area contributed by atoms with Crippen molar-refractivity contribution in [3.8, 4) is 0 Å². The molecule has 2 nitrogen and oxygen atoms in total. The van der Waals surface area contributed by atoms with E-state index in [0.29, 0.717) is 12.8 Å². The molecule has 1 unspecified atom stereocenters. The van der Waals surface area contributed by atoms with Crippen molar-refractivity contribution in [1.82, 2.24) is 0 Å². The zero-order valence-electron chi connectivity index (χ0n) is 7.96. The molecule has 1 N–H and O–H groups in total. The third-order valence-electron chi connectivity index (χ3n) is 1.72. The molecule has 0 heterocycles. The summed E-state index contributed by atoms with van der Waals surface area (Å²) in [5, 5.41) is 8.32. The minimum absolute atomic E-state index is 0.160. The molecule has 0 aromatic carbocycles. The molecule has 78 valence electrons. The molecule has 0 bridgehead atoms. The third-order valence-corrected chi connectivity index (χ3v) is 2.75. The molecule has 4 heteroatoms. The van der Waals surface area contributed by atoms with Crippen LogP contribution in [0.3, 0.4) is 0 Å². The van der Waals surface area contributed by atoms with Gasteiger partial charge in [-0.3, -0.25) is 4.79 Å². The number of rotatable bonds is 8. The van der Waals surface area contributed by atoms with Crippen LogP contribution in [0.25, 0.3) is 0 Å². The van der Waals surface area contributed by atoms with Crippen molar-refractivity contribution in [2.75, 3.05) is 11.5 Å². The molecule has 0 saturated carbocycles. The van der Waals surface area contributed by atoms with E-state index in [9.17, 15) is 9.18 Å². The van der Waals surface area contributed by atoms with E-state index in [0.717, 1.165) is 18.6 Å². The van der Waals surface area contributed by atoms with Crippen molar-refractivity contribution in [3.05, 3.63) is 0 Å². The number of unbranched alkanes of at least 4 members (excludes halogenated alkanes) is 1. The van der Waals surface area contributed by atoms with E-state index in [4.69, 9.17) is 5.11 Å². The molecule has 0 amide bonds. The molecule has 0 aliphatic rings. The lowest BCUT2D eigenvalue weighted by atomic mass is 10.1. The predicted molar refractivity (Wildman–Crippen MR) is 54.0 cm³/mol. The van der Waals surface area contributed by atoms with E-state index in [1.54, 1.807) is 0 Å². The topological polar surface area (TPSA) is 37.3 Å². The summed E-state index contributed by atoms with van der Waals surface area (Å²) in [6.45, 7) is 1.84. The van der Waals surface area contributed by atoms with Crippen LogP contribution in [0.5, 0.6) is 0 Å².